The summed E-state index contributed by atoms with van der Waals surface area (Å²) in [7, 11) is -1.70. The van der Waals surface area contributed by atoms with Gasteiger partial charge in [-0.3, -0.25) is 0 Å². The van der Waals surface area contributed by atoms with Crippen LogP contribution >= 0.6 is 15.8 Å². The average Bonchev–Trinajstić information content (AvgIpc) is 2.97. The fraction of sp³-hybridized carbons (Fsp3) is 1.00. The standard InChI is InChI=1S/C22H50P2Si2.Sn/c1-11-17-23(18-12-2)21(25(5,6)7)15-16-22(26(8,9)10)24(19-13-3)20-14-4;/h11-20H2,1-10H3;. The molecule has 2 radical (unpaired) electrons. The Balaban J connectivity index is 3.47. The molecule has 0 aromatic carbocycles. The Labute approximate surface area is 188 Å². The molecule has 1 aliphatic heterocycles. The summed E-state index contributed by atoms with van der Waals surface area (Å²) in [6.07, 6.45) is 15.5. The number of hydrogen-bond acceptors (Lipinski definition) is 0. The molecule has 27 heavy (non-hydrogen) atoms. The van der Waals surface area contributed by atoms with Crippen LogP contribution in [0, 0.1) is 0 Å². The van der Waals surface area contributed by atoms with E-state index in [1.807, 2.05) is 0 Å². The van der Waals surface area contributed by atoms with Gasteiger partial charge in [-0.15, -0.1) is 0 Å². The maximum atomic E-state index is 2.79. The zero-order valence-corrected chi connectivity index (χ0v) is 27.1. The minimum absolute atomic E-state index is 0.287. The van der Waals surface area contributed by atoms with Crippen LogP contribution in [0.15, 0.2) is 0 Å². The van der Waals surface area contributed by atoms with E-state index < -0.39 is 37.3 Å². The third-order valence-electron chi connectivity index (χ3n) is 6.80. The van der Waals surface area contributed by atoms with Crippen LogP contribution < -0.4 is 0 Å². The Morgan fingerprint density at radius 1 is 0.593 bits per heavy atom. The van der Waals surface area contributed by atoms with Crippen molar-refractivity contribution in [2.75, 3.05) is 24.6 Å². The molecule has 0 amide bonds. The van der Waals surface area contributed by atoms with Crippen LogP contribution in [0.25, 0.3) is 0 Å². The fourth-order valence-electron chi connectivity index (χ4n) is 5.44. The van der Waals surface area contributed by atoms with Crippen molar-refractivity contribution >= 4 is 53.1 Å². The van der Waals surface area contributed by atoms with E-state index in [9.17, 15) is 0 Å². The van der Waals surface area contributed by atoms with E-state index in [4.69, 9.17) is 0 Å². The van der Waals surface area contributed by atoms with Gasteiger partial charge in [0, 0.05) is 0 Å². The molecule has 0 saturated carbocycles. The third kappa shape index (κ3) is 5.87. The second kappa shape index (κ2) is 11.1. The van der Waals surface area contributed by atoms with Crippen LogP contribution in [-0.4, -0.2) is 67.5 Å². The minimum atomic E-state index is -1.13. The van der Waals surface area contributed by atoms with Crippen LogP contribution in [0.2, 0.25) is 39.3 Å². The van der Waals surface area contributed by atoms with E-state index in [1.54, 1.807) is 37.5 Å². The molecule has 0 aromatic rings. The van der Waals surface area contributed by atoms with Crippen molar-refractivity contribution in [1.29, 1.82) is 0 Å². The van der Waals surface area contributed by atoms with Gasteiger partial charge in [0.05, 0.1) is 0 Å². The summed E-state index contributed by atoms with van der Waals surface area (Å²) in [5, 5.41) is 0. The number of hydrogen-bond donors (Lipinski definition) is 0. The van der Waals surface area contributed by atoms with Gasteiger partial charge in [0.2, 0.25) is 0 Å². The summed E-state index contributed by atoms with van der Waals surface area (Å²) in [6, 6.07) is 0. The molecular formula is C22H50P2Si2Sn. The Hall–Kier alpha value is 2.09. The first-order valence-corrected chi connectivity index (χ1v) is 25.0. The summed E-state index contributed by atoms with van der Waals surface area (Å²) >= 11 is -0.427. The van der Waals surface area contributed by atoms with Gasteiger partial charge in [-0.1, -0.05) is 0 Å². The predicted molar refractivity (Wildman–Crippen MR) is 142 cm³/mol. The van der Waals surface area contributed by atoms with Crippen LogP contribution in [0.5, 0.6) is 0 Å². The van der Waals surface area contributed by atoms with Gasteiger partial charge in [0.15, 0.2) is 0 Å². The first-order chi connectivity index (χ1) is 12.5. The molecule has 1 heterocycles. The van der Waals surface area contributed by atoms with Crippen molar-refractivity contribution in [2.24, 2.45) is 0 Å². The first-order valence-electron chi connectivity index (χ1n) is 11.7. The van der Waals surface area contributed by atoms with E-state index in [0.717, 1.165) is 5.59 Å². The molecule has 1 saturated heterocycles. The zero-order valence-electron chi connectivity index (χ0n) is 20.5. The molecule has 5 heteroatoms. The van der Waals surface area contributed by atoms with Crippen molar-refractivity contribution in [3.8, 4) is 0 Å². The normalized spacial score (nSPS) is 27.1. The van der Waals surface area contributed by atoms with Crippen LogP contribution in [0.4, 0.5) is 0 Å². The van der Waals surface area contributed by atoms with Gasteiger partial charge in [-0.2, -0.15) is 0 Å². The molecule has 0 unspecified atom stereocenters. The summed E-state index contributed by atoms with van der Waals surface area (Å²) < 4.78 is 1.89. The molecule has 160 valence electrons. The fourth-order valence-corrected chi connectivity index (χ4v) is 46.8. The van der Waals surface area contributed by atoms with Gasteiger partial charge >= 0.3 is 189 Å². The summed E-state index contributed by atoms with van der Waals surface area (Å²) in [5.74, 6) is 0. The topological polar surface area (TPSA) is 0 Å². The van der Waals surface area contributed by atoms with Crippen LogP contribution in [0.3, 0.4) is 0 Å². The Kier molecular flexibility index (Phi) is 11.2. The third-order valence-corrected chi connectivity index (χ3v) is 50.0. The Bertz CT molecular complexity index is 395. The first kappa shape index (κ1) is 27.1. The van der Waals surface area contributed by atoms with Crippen LogP contribution in [-0.2, 0) is 0 Å². The van der Waals surface area contributed by atoms with E-state index in [1.165, 1.54) is 25.7 Å². The van der Waals surface area contributed by atoms with Crippen molar-refractivity contribution in [2.45, 2.75) is 111 Å². The average molecular weight is 551 g/mol. The predicted octanol–water partition coefficient (Wildman–Crippen LogP) is 8.24. The molecule has 2 atom stereocenters. The van der Waals surface area contributed by atoms with E-state index in [2.05, 4.69) is 67.0 Å². The van der Waals surface area contributed by atoms with Crippen molar-refractivity contribution in [3.63, 3.8) is 0 Å². The molecule has 0 N–H and O–H groups in total. The molecule has 0 aliphatic carbocycles. The van der Waals surface area contributed by atoms with Gasteiger partial charge < -0.3 is 0 Å². The SMILES string of the molecule is CCCP(CCC)[C@]1([Si](C)(C)C)CC[C@@](P(CCC)CCC)([Si](C)(C)C)[Sn]1. The van der Waals surface area contributed by atoms with Gasteiger partial charge in [-0.05, 0) is 0 Å². The number of rotatable bonds is 12. The second-order valence-corrected chi connectivity index (χ2v) is 38.7. The molecule has 0 bridgehead atoms. The Morgan fingerprint density at radius 2 is 0.852 bits per heavy atom. The molecule has 1 aliphatic rings. The maximum absolute atomic E-state index is 2.79. The second-order valence-electron chi connectivity index (χ2n) is 10.8. The molecule has 0 aromatic heterocycles. The summed E-state index contributed by atoms with van der Waals surface area (Å²) in [4.78, 5) is 0. The van der Waals surface area contributed by atoms with E-state index in [-0.39, 0.29) is 15.8 Å². The van der Waals surface area contributed by atoms with Gasteiger partial charge in [0.25, 0.3) is 0 Å². The van der Waals surface area contributed by atoms with Gasteiger partial charge in [0.1, 0.15) is 0 Å². The molecular weight excluding hydrogens is 501 g/mol. The van der Waals surface area contributed by atoms with Crippen molar-refractivity contribution in [3.05, 3.63) is 0 Å². The monoisotopic (exact) mass is 552 g/mol. The molecule has 1 fully saturated rings. The zero-order chi connectivity index (χ0) is 20.9. The van der Waals surface area contributed by atoms with Crippen molar-refractivity contribution in [1.82, 2.24) is 0 Å². The quantitative estimate of drug-likeness (QED) is 0.169. The molecule has 0 nitrogen and oxygen atoms in total. The van der Waals surface area contributed by atoms with Crippen molar-refractivity contribution < 1.29 is 0 Å². The summed E-state index contributed by atoms with van der Waals surface area (Å²) in [6.45, 7) is 26.6. The van der Waals surface area contributed by atoms with Gasteiger partial charge in [-0.25, -0.2) is 0 Å². The molecule has 1 rings (SSSR count). The van der Waals surface area contributed by atoms with E-state index >= 15 is 0 Å². The summed E-state index contributed by atoms with van der Waals surface area (Å²) in [5.41, 5.74) is 0. The molecule has 0 spiro atoms. The van der Waals surface area contributed by atoms with Crippen LogP contribution in [0.1, 0.15) is 66.2 Å². The van der Waals surface area contributed by atoms with E-state index in [0.29, 0.717) is 0 Å². The Morgan fingerprint density at radius 3 is 1.04 bits per heavy atom.